The van der Waals surface area contributed by atoms with Gasteiger partial charge in [-0.15, -0.1) is 0 Å². The average molecular weight is 227 g/mol. The maximum Gasteiger partial charge on any atom is 0.323 e. The molecule has 1 aliphatic rings. The van der Waals surface area contributed by atoms with E-state index in [4.69, 9.17) is 5.11 Å². The first kappa shape index (κ1) is 13.0. The van der Waals surface area contributed by atoms with Crippen LogP contribution in [0, 0.1) is 5.92 Å². The van der Waals surface area contributed by atoms with Crippen LogP contribution in [-0.2, 0) is 9.59 Å². The van der Waals surface area contributed by atoms with E-state index in [9.17, 15) is 9.59 Å². The van der Waals surface area contributed by atoms with Crippen LogP contribution in [-0.4, -0.2) is 34.5 Å². The number of carbonyl (C=O) groups is 2. The molecule has 0 aromatic carbocycles. The summed E-state index contributed by atoms with van der Waals surface area (Å²) >= 11 is 0. The fourth-order valence-electron chi connectivity index (χ4n) is 1.96. The number of carbonyl (C=O) groups excluding carboxylic acids is 1. The lowest BCUT2D eigenvalue weighted by molar-refractivity contribution is -0.145. The quantitative estimate of drug-likeness (QED) is 0.722. The lowest BCUT2D eigenvalue weighted by Crippen LogP contribution is -2.38. The van der Waals surface area contributed by atoms with E-state index in [1.54, 1.807) is 0 Å². The molecule has 16 heavy (non-hydrogen) atoms. The summed E-state index contributed by atoms with van der Waals surface area (Å²) < 4.78 is 0. The Balaban J connectivity index is 2.44. The summed E-state index contributed by atoms with van der Waals surface area (Å²) in [5.41, 5.74) is 0. The van der Waals surface area contributed by atoms with E-state index in [-0.39, 0.29) is 18.5 Å². The highest BCUT2D eigenvalue weighted by Crippen LogP contribution is 2.28. The molecule has 0 radical (unpaired) electrons. The molecule has 1 unspecified atom stereocenters. The van der Waals surface area contributed by atoms with Crippen LogP contribution in [0.3, 0.4) is 0 Å². The smallest absolute Gasteiger partial charge is 0.323 e. The van der Waals surface area contributed by atoms with E-state index in [1.165, 1.54) is 4.90 Å². The Morgan fingerprint density at radius 3 is 2.50 bits per heavy atom. The number of rotatable bonds is 7. The minimum absolute atomic E-state index is 0.00542. The van der Waals surface area contributed by atoms with E-state index in [0.717, 1.165) is 25.7 Å². The van der Waals surface area contributed by atoms with Crippen molar-refractivity contribution in [2.75, 3.05) is 6.54 Å². The van der Waals surface area contributed by atoms with Crippen molar-refractivity contribution in [3.8, 4) is 0 Å². The Bertz CT molecular complexity index is 261. The second-order valence-electron chi connectivity index (χ2n) is 4.74. The van der Waals surface area contributed by atoms with E-state index in [2.05, 4.69) is 6.92 Å². The second kappa shape index (κ2) is 5.87. The number of carboxylic acid groups (broad SMARTS) is 1. The highest BCUT2D eigenvalue weighted by molar-refractivity contribution is 5.82. The van der Waals surface area contributed by atoms with Crippen molar-refractivity contribution >= 4 is 11.9 Å². The first-order valence-electron chi connectivity index (χ1n) is 6.05. The summed E-state index contributed by atoms with van der Waals surface area (Å²) in [6, 6.07) is 0.192. The van der Waals surface area contributed by atoms with Crippen LogP contribution in [0.2, 0.25) is 0 Å². The van der Waals surface area contributed by atoms with Crippen LogP contribution < -0.4 is 0 Å². The largest absolute Gasteiger partial charge is 0.480 e. The first-order chi connectivity index (χ1) is 7.54. The van der Waals surface area contributed by atoms with Gasteiger partial charge in [0.1, 0.15) is 6.54 Å². The molecule has 1 rings (SSSR count). The van der Waals surface area contributed by atoms with Gasteiger partial charge in [-0.1, -0.05) is 26.7 Å². The van der Waals surface area contributed by atoms with Crippen molar-refractivity contribution in [1.82, 2.24) is 4.90 Å². The molecule has 4 heteroatoms. The van der Waals surface area contributed by atoms with Gasteiger partial charge in [-0.05, 0) is 18.8 Å². The molecule has 1 amide bonds. The third-order valence-corrected chi connectivity index (χ3v) is 2.92. The first-order valence-corrected chi connectivity index (χ1v) is 6.05. The van der Waals surface area contributed by atoms with Crippen LogP contribution >= 0.6 is 0 Å². The van der Waals surface area contributed by atoms with Crippen molar-refractivity contribution in [3.63, 3.8) is 0 Å². The summed E-state index contributed by atoms with van der Waals surface area (Å²) in [6.45, 7) is 4.01. The van der Waals surface area contributed by atoms with Crippen molar-refractivity contribution in [2.45, 2.75) is 52.0 Å². The monoisotopic (exact) mass is 227 g/mol. The minimum atomic E-state index is -0.914. The van der Waals surface area contributed by atoms with Crippen LogP contribution in [0.15, 0.2) is 0 Å². The van der Waals surface area contributed by atoms with E-state index >= 15 is 0 Å². The molecule has 1 atom stereocenters. The molecule has 4 nitrogen and oxygen atoms in total. The van der Waals surface area contributed by atoms with E-state index in [1.807, 2.05) is 6.92 Å². The van der Waals surface area contributed by atoms with Crippen molar-refractivity contribution in [2.24, 2.45) is 5.92 Å². The molecule has 1 saturated carbocycles. The van der Waals surface area contributed by atoms with Gasteiger partial charge in [0.2, 0.25) is 5.91 Å². The highest BCUT2D eigenvalue weighted by atomic mass is 16.4. The molecule has 1 N–H and O–H groups in total. The van der Waals surface area contributed by atoms with Gasteiger partial charge in [0.05, 0.1) is 0 Å². The predicted molar refractivity (Wildman–Crippen MR) is 61.1 cm³/mol. The number of nitrogens with zero attached hydrogens (tertiary/aromatic N) is 1. The summed E-state index contributed by atoms with van der Waals surface area (Å²) in [4.78, 5) is 24.1. The molecule has 0 aromatic rings. The molecule has 0 heterocycles. The summed E-state index contributed by atoms with van der Waals surface area (Å²) in [7, 11) is 0. The Morgan fingerprint density at radius 1 is 1.44 bits per heavy atom. The van der Waals surface area contributed by atoms with Gasteiger partial charge in [-0.3, -0.25) is 9.59 Å². The van der Waals surface area contributed by atoms with Gasteiger partial charge < -0.3 is 10.0 Å². The zero-order valence-electron chi connectivity index (χ0n) is 10.1. The zero-order valence-corrected chi connectivity index (χ0v) is 10.1. The molecule has 0 saturated heterocycles. The molecule has 0 aromatic heterocycles. The number of hydrogen-bond donors (Lipinski definition) is 1. The highest BCUT2D eigenvalue weighted by Gasteiger charge is 2.33. The van der Waals surface area contributed by atoms with Crippen molar-refractivity contribution in [1.29, 1.82) is 0 Å². The normalized spacial score (nSPS) is 16.9. The SMILES string of the molecule is CCCC(C)CC(=O)N(CC(=O)O)C1CC1. The van der Waals surface area contributed by atoms with Gasteiger partial charge in [-0.2, -0.15) is 0 Å². The van der Waals surface area contributed by atoms with Crippen molar-refractivity contribution in [3.05, 3.63) is 0 Å². The second-order valence-corrected chi connectivity index (χ2v) is 4.74. The van der Waals surface area contributed by atoms with Gasteiger partial charge in [0, 0.05) is 12.5 Å². The van der Waals surface area contributed by atoms with Crippen LogP contribution in [0.25, 0.3) is 0 Å². The average Bonchev–Trinajstić information content (AvgIpc) is 2.97. The number of carboxylic acids is 1. The predicted octanol–water partition coefficient (Wildman–Crippen LogP) is 1.89. The molecular formula is C12H21NO3. The summed E-state index contributed by atoms with van der Waals surface area (Å²) in [5.74, 6) is -0.554. The van der Waals surface area contributed by atoms with Gasteiger partial charge >= 0.3 is 5.97 Å². The zero-order chi connectivity index (χ0) is 12.1. The lowest BCUT2D eigenvalue weighted by atomic mass is 10.0. The molecule has 92 valence electrons. The Labute approximate surface area is 96.6 Å². The van der Waals surface area contributed by atoms with Gasteiger partial charge in [-0.25, -0.2) is 0 Å². The standard InChI is InChI=1S/C12H21NO3/c1-3-4-9(2)7-11(14)13(8-12(15)16)10-5-6-10/h9-10H,3-8H2,1-2H3,(H,15,16). The lowest BCUT2D eigenvalue weighted by Gasteiger charge is -2.22. The van der Waals surface area contributed by atoms with E-state index < -0.39 is 5.97 Å². The molecule has 1 fully saturated rings. The Hall–Kier alpha value is -1.06. The topological polar surface area (TPSA) is 57.6 Å². The fraction of sp³-hybridized carbons (Fsp3) is 0.833. The third kappa shape index (κ3) is 4.21. The number of aliphatic carboxylic acids is 1. The maximum absolute atomic E-state index is 11.9. The maximum atomic E-state index is 11.9. The molecule has 0 bridgehead atoms. The molecular weight excluding hydrogens is 206 g/mol. The molecule has 0 aliphatic heterocycles. The van der Waals surface area contributed by atoms with Crippen LogP contribution in [0.1, 0.15) is 46.0 Å². The molecule has 0 spiro atoms. The Kier molecular flexibility index (Phi) is 4.77. The third-order valence-electron chi connectivity index (χ3n) is 2.92. The van der Waals surface area contributed by atoms with Gasteiger partial charge in [0.15, 0.2) is 0 Å². The Morgan fingerprint density at radius 2 is 2.06 bits per heavy atom. The molecule has 1 aliphatic carbocycles. The minimum Gasteiger partial charge on any atom is -0.480 e. The number of hydrogen-bond acceptors (Lipinski definition) is 2. The fourth-order valence-corrected chi connectivity index (χ4v) is 1.96. The van der Waals surface area contributed by atoms with Crippen LogP contribution in [0.4, 0.5) is 0 Å². The van der Waals surface area contributed by atoms with Crippen molar-refractivity contribution < 1.29 is 14.7 Å². The summed E-state index contributed by atoms with van der Waals surface area (Å²) in [5, 5.41) is 8.75. The van der Waals surface area contributed by atoms with E-state index in [0.29, 0.717) is 12.3 Å². The van der Waals surface area contributed by atoms with Crippen LogP contribution in [0.5, 0.6) is 0 Å². The summed E-state index contributed by atoms with van der Waals surface area (Å²) in [6.07, 6.45) is 4.49. The van der Waals surface area contributed by atoms with Gasteiger partial charge in [0.25, 0.3) is 0 Å². The number of amides is 1.